The Bertz CT molecular complexity index is 420. The van der Waals surface area contributed by atoms with E-state index >= 15 is 0 Å². The molecule has 1 aromatic carbocycles. The van der Waals surface area contributed by atoms with Gasteiger partial charge in [-0.05, 0) is 44.0 Å². The zero-order valence-electron chi connectivity index (χ0n) is 12.4. The fourth-order valence-corrected chi connectivity index (χ4v) is 2.31. The molecular weight excluding hydrogens is 252 g/mol. The summed E-state index contributed by atoms with van der Waals surface area (Å²) in [6.07, 6.45) is 6.41. The van der Waals surface area contributed by atoms with Crippen molar-refractivity contribution in [1.82, 2.24) is 0 Å². The molecule has 1 heterocycles. The number of rotatable bonds is 9. The van der Waals surface area contributed by atoms with Crippen molar-refractivity contribution < 1.29 is 14.3 Å². The van der Waals surface area contributed by atoms with Crippen LogP contribution in [0.1, 0.15) is 56.3 Å². The lowest BCUT2D eigenvalue weighted by Crippen LogP contribution is -2.23. The zero-order chi connectivity index (χ0) is 14.4. The molecule has 0 bridgehead atoms. The Hall–Kier alpha value is -1.35. The van der Waals surface area contributed by atoms with Crippen molar-refractivity contribution in [3.63, 3.8) is 0 Å². The van der Waals surface area contributed by atoms with E-state index < -0.39 is 0 Å². The Kier molecular flexibility index (Phi) is 5.60. The summed E-state index contributed by atoms with van der Waals surface area (Å²) in [5.74, 6) is 0.907. The molecule has 0 saturated carbocycles. The number of carbonyl (C=O) groups excluding carboxylic acids is 1. The molecule has 1 saturated heterocycles. The summed E-state index contributed by atoms with van der Waals surface area (Å²) < 4.78 is 11.4. The molecule has 0 radical (unpaired) electrons. The number of ketones is 1. The van der Waals surface area contributed by atoms with Gasteiger partial charge < -0.3 is 9.47 Å². The van der Waals surface area contributed by atoms with Crippen LogP contribution in [0.5, 0.6) is 5.75 Å². The standard InChI is InChI=1S/C17H24O3/c1-3-4-5-6-7-16(17-12-19-17)20-15-10-8-14(9-11-15)13(2)18/h8-11,16-17H,3-7,12H2,1-2H3. The minimum Gasteiger partial charge on any atom is -0.488 e. The molecule has 3 heteroatoms. The summed E-state index contributed by atoms with van der Waals surface area (Å²) in [7, 11) is 0. The third-order valence-corrected chi connectivity index (χ3v) is 3.66. The van der Waals surface area contributed by atoms with Crippen molar-refractivity contribution in [2.75, 3.05) is 6.61 Å². The first kappa shape index (κ1) is 15.0. The molecule has 0 aromatic heterocycles. The molecule has 0 amide bonds. The SMILES string of the molecule is CCCCCCC(Oc1ccc(C(C)=O)cc1)C1CO1. The maximum atomic E-state index is 11.2. The van der Waals surface area contributed by atoms with Crippen LogP contribution in [0, 0.1) is 0 Å². The Morgan fingerprint density at radius 3 is 2.55 bits per heavy atom. The van der Waals surface area contributed by atoms with Gasteiger partial charge in [0, 0.05) is 5.56 Å². The molecule has 1 fully saturated rings. The van der Waals surface area contributed by atoms with Gasteiger partial charge in [-0.25, -0.2) is 0 Å². The summed E-state index contributed by atoms with van der Waals surface area (Å²) >= 11 is 0. The number of carbonyl (C=O) groups is 1. The minimum atomic E-state index is 0.0817. The van der Waals surface area contributed by atoms with Gasteiger partial charge in [-0.2, -0.15) is 0 Å². The highest BCUT2D eigenvalue weighted by Gasteiger charge is 2.34. The third kappa shape index (κ3) is 4.64. The smallest absolute Gasteiger partial charge is 0.159 e. The monoisotopic (exact) mass is 276 g/mol. The second-order valence-corrected chi connectivity index (χ2v) is 5.46. The van der Waals surface area contributed by atoms with E-state index in [0.717, 1.165) is 24.3 Å². The van der Waals surface area contributed by atoms with E-state index in [9.17, 15) is 4.79 Å². The lowest BCUT2D eigenvalue weighted by Gasteiger charge is -2.17. The highest BCUT2D eigenvalue weighted by Crippen LogP contribution is 2.25. The summed E-state index contributed by atoms with van der Waals surface area (Å²) in [5, 5.41) is 0. The highest BCUT2D eigenvalue weighted by atomic mass is 16.6. The predicted molar refractivity (Wildman–Crippen MR) is 79.4 cm³/mol. The first-order valence-electron chi connectivity index (χ1n) is 7.60. The first-order valence-corrected chi connectivity index (χ1v) is 7.60. The Morgan fingerprint density at radius 2 is 2.00 bits per heavy atom. The van der Waals surface area contributed by atoms with Crippen molar-refractivity contribution in [3.05, 3.63) is 29.8 Å². The summed E-state index contributed by atoms with van der Waals surface area (Å²) in [6, 6.07) is 7.38. The molecule has 20 heavy (non-hydrogen) atoms. The number of benzene rings is 1. The van der Waals surface area contributed by atoms with Gasteiger partial charge in [0.15, 0.2) is 5.78 Å². The van der Waals surface area contributed by atoms with Crippen LogP contribution in [0.4, 0.5) is 0 Å². The molecule has 0 spiro atoms. The van der Waals surface area contributed by atoms with Crippen molar-refractivity contribution in [2.24, 2.45) is 0 Å². The van der Waals surface area contributed by atoms with Crippen LogP contribution in [-0.2, 0) is 4.74 Å². The van der Waals surface area contributed by atoms with E-state index in [4.69, 9.17) is 9.47 Å². The highest BCUT2D eigenvalue weighted by molar-refractivity contribution is 5.94. The molecule has 0 aliphatic carbocycles. The normalized spacial score (nSPS) is 18.6. The molecule has 110 valence electrons. The summed E-state index contributed by atoms with van der Waals surface area (Å²) in [4.78, 5) is 11.2. The molecule has 0 N–H and O–H groups in total. The topological polar surface area (TPSA) is 38.8 Å². The van der Waals surface area contributed by atoms with Crippen LogP contribution < -0.4 is 4.74 Å². The number of unbranched alkanes of at least 4 members (excludes halogenated alkanes) is 3. The van der Waals surface area contributed by atoms with Crippen molar-refractivity contribution >= 4 is 5.78 Å². The molecule has 1 aliphatic heterocycles. The van der Waals surface area contributed by atoms with Gasteiger partial charge in [0.1, 0.15) is 18.0 Å². The van der Waals surface area contributed by atoms with Crippen LogP contribution in [0.25, 0.3) is 0 Å². The van der Waals surface area contributed by atoms with E-state index in [1.54, 1.807) is 6.92 Å². The van der Waals surface area contributed by atoms with Crippen LogP contribution in [0.2, 0.25) is 0 Å². The van der Waals surface area contributed by atoms with Crippen LogP contribution in [-0.4, -0.2) is 24.6 Å². The molecule has 2 rings (SSSR count). The molecule has 1 aromatic rings. The number of hydrogen-bond acceptors (Lipinski definition) is 3. The molecule has 2 atom stereocenters. The van der Waals surface area contributed by atoms with Gasteiger partial charge in [-0.15, -0.1) is 0 Å². The maximum Gasteiger partial charge on any atom is 0.159 e. The summed E-state index contributed by atoms with van der Waals surface area (Å²) in [5.41, 5.74) is 0.722. The van der Waals surface area contributed by atoms with Crippen LogP contribution in [0.15, 0.2) is 24.3 Å². The second kappa shape index (κ2) is 7.44. The Balaban J connectivity index is 1.85. The predicted octanol–water partition coefficient (Wildman–Crippen LogP) is 4.01. The van der Waals surface area contributed by atoms with Crippen molar-refractivity contribution in [3.8, 4) is 5.75 Å². The second-order valence-electron chi connectivity index (χ2n) is 5.46. The number of epoxide rings is 1. The number of Topliss-reactive ketones (excluding diaryl/α,β-unsaturated/α-hetero) is 1. The molecule has 2 unspecified atom stereocenters. The first-order chi connectivity index (χ1) is 9.70. The third-order valence-electron chi connectivity index (χ3n) is 3.66. The Labute approximate surface area is 121 Å². The van der Waals surface area contributed by atoms with E-state index in [1.165, 1.54) is 25.7 Å². The van der Waals surface area contributed by atoms with Gasteiger partial charge in [-0.1, -0.05) is 26.2 Å². The van der Waals surface area contributed by atoms with E-state index in [2.05, 4.69) is 6.92 Å². The van der Waals surface area contributed by atoms with Gasteiger partial charge in [0.2, 0.25) is 0 Å². The molecular formula is C17H24O3. The average Bonchev–Trinajstić information content (AvgIpc) is 3.27. The minimum absolute atomic E-state index is 0.0817. The van der Waals surface area contributed by atoms with Crippen molar-refractivity contribution in [2.45, 2.75) is 58.2 Å². The lowest BCUT2D eigenvalue weighted by molar-refractivity contribution is 0.101. The molecule has 3 nitrogen and oxygen atoms in total. The number of ether oxygens (including phenoxy) is 2. The van der Waals surface area contributed by atoms with Gasteiger partial charge in [0.25, 0.3) is 0 Å². The van der Waals surface area contributed by atoms with Gasteiger partial charge >= 0.3 is 0 Å². The quantitative estimate of drug-likeness (QED) is 0.388. The largest absolute Gasteiger partial charge is 0.488 e. The number of hydrogen-bond donors (Lipinski definition) is 0. The zero-order valence-corrected chi connectivity index (χ0v) is 12.4. The maximum absolute atomic E-state index is 11.2. The van der Waals surface area contributed by atoms with Crippen molar-refractivity contribution in [1.29, 1.82) is 0 Å². The average molecular weight is 276 g/mol. The van der Waals surface area contributed by atoms with Gasteiger partial charge in [-0.3, -0.25) is 4.79 Å². The van der Waals surface area contributed by atoms with E-state index in [0.29, 0.717) is 0 Å². The van der Waals surface area contributed by atoms with E-state index in [1.807, 2.05) is 24.3 Å². The lowest BCUT2D eigenvalue weighted by atomic mass is 10.1. The Morgan fingerprint density at radius 1 is 1.30 bits per heavy atom. The fourth-order valence-electron chi connectivity index (χ4n) is 2.31. The van der Waals surface area contributed by atoms with Crippen LogP contribution >= 0.6 is 0 Å². The summed E-state index contributed by atoms with van der Waals surface area (Å²) in [6.45, 7) is 4.60. The van der Waals surface area contributed by atoms with E-state index in [-0.39, 0.29) is 18.0 Å². The fraction of sp³-hybridized carbons (Fsp3) is 0.588. The van der Waals surface area contributed by atoms with Crippen LogP contribution in [0.3, 0.4) is 0 Å². The molecule has 1 aliphatic rings. The van der Waals surface area contributed by atoms with Gasteiger partial charge in [0.05, 0.1) is 6.61 Å².